The Morgan fingerprint density at radius 1 is 1.17 bits per heavy atom. The molecule has 2 atom stereocenters. The molecular weight excluding hydrogens is 463 g/mol. The Balaban J connectivity index is 1.68. The molecule has 0 saturated carbocycles. The van der Waals surface area contributed by atoms with Gasteiger partial charge >= 0.3 is 0 Å². The number of nitrogens with one attached hydrogen (secondary N) is 1. The summed E-state index contributed by atoms with van der Waals surface area (Å²) in [5.74, 6) is -0.869. The first-order valence-electron chi connectivity index (χ1n) is 9.15. The average Bonchev–Trinajstić information content (AvgIpc) is 2.65. The van der Waals surface area contributed by atoms with Crippen LogP contribution < -0.4 is 5.32 Å². The van der Waals surface area contributed by atoms with Crippen molar-refractivity contribution in [2.24, 2.45) is 0 Å². The quantitative estimate of drug-likeness (QED) is 0.703. The van der Waals surface area contributed by atoms with Crippen molar-refractivity contribution in [3.63, 3.8) is 0 Å². The van der Waals surface area contributed by atoms with Crippen molar-refractivity contribution in [3.05, 3.63) is 58.3 Å². The molecule has 1 aliphatic heterocycles. The van der Waals surface area contributed by atoms with Crippen molar-refractivity contribution < 1.29 is 22.3 Å². The van der Waals surface area contributed by atoms with E-state index in [1.165, 1.54) is 28.6 Å². The number of rotatable bonds is 5. The van der Waals surface area contributed by atoms with E-state index in [1.807, 2.05) is 13.8 Å². The number of carbonyl (C=O) groups excluding carboxylic acids is 1. The summed E-state index contributed by atoms with van der Waals surface area (Å²) >= 11 is 3.09. The number of hydrogen-bond donors (Lipinski definition) is 1. The summed E-state index contributed by atoms with van der Waals surface area (Å²) in [6.45, 7) is 4.27. The SMILES string of the molecule is CC1CN(S(=O)(=O)c2ccc(NC(=O)Cc3cccc(Br)c3F)cc2)CC(C)O1. The number of amides is 1. The van der Waals surface area contributed by atoms with Gasteiger partial charge < -0.3 is 10.1 Å². The Hall–Kier alpha value is -1.81. The molecule has 0 aliphatic carbocycles. The number of nitrogens with zero attached hydrogens (tertiary/aromatic N) is 1. The number of benzene rings is 2. The number of anilines is 1. The van der Waals surface area contributed by atoms with Crippen molar-refractivity contribution >= 4 is 37.5 Å². The first-order chi connectivity index (χ1) is 13.7. The first-order valence-corrected chi connectivity index (χ1v) is 11.4. The van der Waals surface area contributed by atoms with Crippen LogP contribution >= 0.6 is 15.9 Å². The third-order valence-electron chi connectivity index (χ3n) is 4.54. The molecule has 1 N–H and O–H groups in total. The summed E-state index contributed by atoms with van der Waals surface area (Å²) in [5, 5.41) is 2.66. The molecule has 6 nitrogen and oxygen atoms in total. The highest BCUT2D eigenvalue weighted by Gasteiger charge is 2.32. The van der Waals surface area contributed by atoms with E-state index in [0.29, 0.717) is 23.2 Å². The fourth-order valence-corrected chi connectivity index (χ4v) is 5.25. The summed E-state index contributed by atoms with van der Waals surface area (Å²) in [6.07, 6.45) is -0.481. The van der Waals surface area contributed by atoms with Crippen molar-refractivity contribution in [2.45, 2.75) is 37.4 Å². The molecule has 1 amide bonds. The second-order valence-electron chi connectivity index (χ2n) is 7.04. The van der Waals surface area contributed by atoms with E-state index in [9.17, 15) is 17.6 Å². The molecule has 0 bridgehead atoms. The van der Waals surface area contributed by atoms with E-state index in [-0.39, 0.29) is 29.1 Å². The largest absolute Gasteiger partial charge is 0.373 e. The maximum atomic E-state index is 14.0. The van der Waals surface area contributed by atoms with E-state index in [2.05, 4.69) is 21.2 Å². The van der Waals surface area contributed by atoms with Crippen LogP contribution in [-0.2, 0) is 26.0 Å². The lowest BCUT2D eigenvalue weighted by Crippen LogP contribution is -2.48. The Kier molecular flexibility index (Phi) is 6.72. The fraction of sp³-hybridized carbons (Fsp3) is 0.350. The van der Waals surface area contributed by atoms with Gasteiger partial charge in [0.05, 0.1) is 28.0 Å². The van der Waals surface area contributed by atoms with E-state index >= 15 is 0 Å². The Morgan fingerprint density at radius 3 is 2.41 bits per heavy atom. The Labute approximate surface area is 178 Å². The molecule has 2 aromatic carbocycles. The summed E-state index contributed by atoms with van der Waals surface area (Å²) in [7, 11) is -3.65. The highest BCUT2D eigenvalue weighted by atomic mass is 79.9. The number of sulfonamides is 1. The molecule has 0 radical (unpaired) electrons. The minimum absolute atomic E-state index is 0.130. The standard InChI is InChI=1S/C20H22BrFN2O4S/c1-13-11-24(12-14(2)28-13)29(26,27)17-8-6-16(7-9-17)23-19(25)10-15-4-3-5-18(21)20(15)22/h3-9,13-14H,10-12H2,1-2H3,(H,23,25). The monoisotopic (exact) mass is 484 g/mol. The molecule has 0 aromatic heterocycles. The van der Waals surface area contributed by atoms with E-state index in [4.69, 9.17) is 4.74 Å². The highest BCUT2D eigenvalue weighted by Crippen LogP contribution is 2.23. The van der Waals surface area contributed by atoms with Gasteiger partial charge in [0.2, 0.25) is 15.9 Å². The zero-order valence-electron chi connectivity index (χ0n) is 16.1. The maximum absolute atomic E-state index is 14.0. The third-order valence-corrected chi connectivity index (χ3v) is 7.00. The van der Waals surface area contributed by atoms with Gasteiger partial charge in [-0.2, -0.15) is 4.31 Å². The second-order valence-corrected chi connectivity index (χ2v) is 9.83. The molecule has 1 fully saturated rings. The van der Waals surface area contributed by atoms with Crippen LogP contribution in [0, 0.1) is 5.82 Å². The molecule has 9 heteroatoms. The van der Waals surface area contributed by atoms with E-state index in [1.54, 1.807) is 18.2 Å². The van der Waals surface area contributed by atoms with E-state index in [0.717, 1.165) is 0 Å². The first kappa shape index (κ1) is 21.9. The average molecular weight is 485 g/mol. The molecule has 1 saturated heterocycles. The molecule has 2 unspecified atom stereocenters. The number of ether oxygens (including phenoxy) is 1. The molecule has 156 valence electrons. The Bertz CT molecular complexity index is 988. The lowest BCUT2D eigenvalue weighted by Gasteiger charge is -2.34. The number of hydrogen-bond acceptors (Lipinski definition) is 4. The summed E-state index contributed by atoms with van der Waals surface area (Å²) in [4.78, 5) is 12.4. The van der Waals surface area contributed by atoms with Crippen LogP contribution in [0.4, 0.5) is 10.1 Å². The van der Waals surface area contributed by atoms with Crippen molar-refractivity contribution in [1.82, 2.24) is 4.31 Å². The van der Waals surface area contributed by atoms with Gasteiger partial charge in [0, 0.05) is 18.8 Å². The predicted molar refractivity (Wildman–Crippen MR) is 112 cm³/mol. The fourth-order valence-electron chi connectivity index (χ4n) is 3.25. The summed E-state index contributed by atoms with van der Waals surface area (Å²) in [5.41, 5.74) is 0.708. The molecule has 29 heavy (non-hydrogen) atoms. The molecule has 0 spiro atoms. The molecule has 1 heterocycles. The zero-order chi connectivity index (χ0) is 21.2. The second kappa shape index (κ2) is 8.91. The number of halogens is 2. The van der Waals surface area contributed by atoms with Gasteiger partial charge in [0.25, 0.3) is 0 Å². The van der Waals surface area contributed by atoms with Crippen LogP contribution in [0.5, 0.6) is 0 Å². The van der Waals surface area contributed by atoms with Gasteiger partial charge in [-0.25, -0.2) is 12.8 Å². The molecular formula is C20H22BrFN2O4S. The van der Waals surface area contributed by atoms with Crippen LogP contribution in [0.3, 0.4) is 0 Å². The molecule has 2 aromatic rings. The Morgan fingerprint density at radius 2 is 1.79 bits per heavy atom. The van der Waals surface area contributed by atoms with E-state index < -0.39 is 21.7 Å². The van der Waals surface area contributed by atoms with Crippen LogP contribution in [-0.4, -0.2) is 43.9 Å². The van der Waals surface area contributed by atoms with Gasteiger partial charge in [0.1, 0.15) is 5.82 Å². The molecule has 1 aliphatic rings. The highest BCUT2D eigenvalue weighted by molar-refractivity contribution is 9.10. The van der Waals surface area contributed by atoms with Crippen molar-refractivity contribution in [3.8, 4) is 0 Å². The van der Waals surface area contributed by atoms with Gasteiger partial charge in [-0.1, -0.05) is 12.1 Å². The molecule has 3 rings (SSSR count). The predicted octanol–water partition coefficient (Wildman–Crippen LogP) is 3.57. The van der Waals surface area contributed by atoms with Crippen LogP contribution in [0.1, 0.15) is 19.4 Å². The maximum Gasteiger partial charge on any atom is 0.243 e. The smallest absolute Gasteiger partial charge is 0.243 e. The van der Waals surface area contributed by atoms with Crippen LogP contribution in [0.2, 0.25) is 0 Å². The number of carbonyl (C=O) groups is 1. The van der Waals surface area contributed by atoms with Gasteiger partial charge in [-0.3, -0.25) is 4.79 Å². The topological polar surface area (TPSA) is 75.7 Å². The van der Waals surface area contributed by atoms with Crippen LogP contribution in [0.25, 0.3) is 0 Å². The minimum atomic E-state index is -3.65. The lowest BCUT2D eigenvalue weighted by molar-refractivity contribution is -0.115. The lowest BCUT2D eigenvalue weighted by atomic mass is 10.1. The van der Waals surface area contributed by atoms with Crippen molar-refractivity contribution in [2.75, 3.05) is 18.4 Å². The van der Waals surface area contributed by atoms with Gasteiger partial charge in [0.15, 0.2) is 0 Å². The van der Waals surface area contributed by atoms with Gasteiger partial charge in [-0.05, 0) is 65.7 Å². The third kappa shape index (κ3) is 5.22. The zero-order valence-corrected chi connectivity index (χ0v) is 18.5. The van der Waals surface area contributed by atoms with Crippen LogP contribution in [0.15, 0.2) is 51.8 Å². The summed E-state index contributed by atoms with van der Waals surface area (Å²) < 4.78 is 47.0. The van der Waals surface area contributed by atoms with Gasteiger partial charge in [-0.15, -0.1) is 0 Å². The normalized spacial score (nSPS) is 20.4. The number of morpholine rings is 1. The summed E-state index contributed by atoms with van der Waals surface area (Å²) in [6, 6.07) is 10.7. The van der Waals surface area contributed by atoms with Crippen molar-refractivity contribution in [1.29, 1.82) is 0 Å². The minimum Gasteiger partial charge on any atom is -0.373 e.